The van der Waals surface area contributed by atoms with Crippen molar-refractivity contribution < 1.29 is 14.6 Å². The van der Waals surface area contributed by atoms with Gasteiger partial charge in [0.2, 0.25) is 5.91 Å². The number of nitrogens with zero attached hydrogens (tertiary/aromatic N) is 1. The number of nitrogens with one attached hydrogen (secondary N) is 1. The van der Waals surface area contributed by atoms with E-state index >= 15 is 0 Å². The van der Waals surface area contributed by atoms with Gasteiger partial charge in [0, 0.05) is 29.7 Å². The van der Waals surface area contributed by atoms with Crippen LogP contribution < -0.4 is 4.74 Å². The van der Waals surface area contributed by atoms with Crippen molar-refractivity contribution in [1.82, 2.24) is 9.88 Å². The average Bonchev–Trinajstić information content (AvgIpc) is 3.13. The number of fused-ring (bicyclic) bond motifs is 1. The number of carbonyl (C=O) groups excluding carboxylic acids is 1. The van der Waals surface area contributed by atoms with Gasteiger partial charge in [-0.15, -0.1) is 0 Å². The normalized spacial score (nSPS) is 19.3. The maximum absolute atomic E-state index is 12.7. The van der Waals surface area contributed by atoms with Crippen molar-refractivity contribution in [2.24, 2.45) is 0 Å². The zero-order valence-electron chi connectivity index (χ0n) is 13.7. The van der Waals surface area contributed by atoms with Crippen LogP contribution in [0.15, 0.2) is 24.4 Å². The number of methoxy groups -OCH3 is 1. The number of ether oxygens (including phenoxy) is 1. The van der Waals surface area contributed by atoms with Gasteiger partial charge in [0.15, 0.2) is 0 Å². The smallest absolute Gasteiger partial charge is 0.227 e. The summed E-state index contributed by atoms with van der Waals surface area (Å²) in [5, 5.41) is 10.6. The van der Waals surface area contributed by atoms with Gasteiger partial charge in [-0.1, -0.05) is 6.07 Å². The largest absolute Gasteiger partial charge is 0.496 e. The van der Waals surface area contributed by atoms with Crippen molar-refractivity contribution in [2.75, 3.05) is 13.7 Å². The Morgan fingerprint density at radius 1 is 1.52 bits per heavy atom. The second-order valence-electron chi connectivity index (χ2n) is 6.34. The summed E-state index contributed by atoms with van der Waals surface area (Å²) in [4.78, 5) is 17.9. The van der Waals surface area contributed by atoms with Gasteiger partial charge in [0.25, 0.3) is 0 Å². The Bertz CT molecular complexity index is 693. The number of rotatable bonds is 5. The molecule has 1 amide bonds. The third-order valence-electron chi connectivity index (χ3n) is 4.62. The molecule has 0 radical (unpaired) electrons. The third kappa shape index (κ3) is 3.20. The van der Waals surface area contributed by atoms with Gasteiger partial charge in [-0.05, 0) is 43.9 Å². The summed E-state index contributed by atoms with van der Waals surface area (Å²) in [6.45, 7) is 2.57. The van der Waals surface area contributed by atoms with E-state index in [4.69, 9.17) is 4.74 Å². The fourth-order valence-electron chi connectivity index (χ4n) is 3.60. The maximum atomic E-state index is 12.7. The molecule has 1 aliphatic rings. The number of likely N-dealkylation sites (tertiary alicyclic amines) is 1. The molecule has 2 heterocycles. The van der Waals surface area contributed by atoms with Crippen molar-refractivity contribution >= 4 is 16.8 Å². The summed E-state index contributed by atoms with van der Waals surface area (Å²) in [5.41, 5.74) is 1.94. The number of aliphatic hydroxyl groups excluding tert-OH is 1. The van der Waals surface area contributed by atoms with Crippen molar-refractivity contribution in [2.45, 2.75) is 44.8 Å². The Morgan fingerprint density at radius 3 is 3.09 bits per heavy atom. The average molecular weight is 316 g/mol. The minimum absolute atomic E-state index is 0.125. The predicted octanol–water partition coefficient (Wildman–Crippen LogP) is 2.48. The van der Waals surface area contributed by atoms with E-state index in [-0.39, 0.29) is 18.1 Å². The standard InChI is InChI=1S/C18H24N2O3/c1-12(21)9-14-5-4-8-20(14)17(22)10-13-11-19-15-6-3-7-16(23-2)18(13)15/h3,6-7,11-12,14,19,21H,4-5,8-10H2,1-2H3. The van der Waals surface area contributed by atoms with E-state index in [0.29, 0.717) is 12.8 Å². The topological polar surface area (TPSA) is 65.6 Å². The van der Waals surface area contributed by atoms with Crippen molar-refractivity contribution in [3.8, 4) is 5.75 Å². The van der Waals surface area contributed by atoms with Crippen LogP contribution in [0.4, 0.5) is 0 Å². The van der Waals surface area contributed by atoms with Crippen molar-refractivity contribution in [3.05, 3.63) is 30.0 Å². The number of amides is 1. The first-order chi connectivity index (χ1) is 11.1. The Balaban J connectivity index is 1.80. The summed E-state index contributed by atoms with van der Waals surface area (Å²) in [6.07, 6.45) is 4.53. The molecule has 0 aliphatic carbocycles. The Hall–Kier alpha value is -2.01. The molecule has 1 saturated heterocycles. The van der Waals surface area contributed by atoms with Crippen LogP contribution >= 0.6 is 0 Å². The fourth-order valence-corrected chi connectivity index (χ4v) is 3.60. The molecule has 0 bridgehead atoms. The highest BCUT2D eigenvalue weighted by Crippen LogP contribution is 2.30. The Morgan fingerprint density at radius 2 is 2.35 bits per heavy atom. The first kappa shape index (κ1) is 15.9. The first-order valence-corrected chi connectivity index (χ1v) is 8.20. The van der Waals surface area contributed by atoms with Crippen LogP contribution in [-0.4, -0.2) is 46.7 Å². The lowest BCUT2D eigenvalue weighted by Crippen LogP contribution is -2.38. The monoisotopic (exact) mass is 316 g/mol. The highest BCUT2D eigenvalue weighted by atomic mass is 16.5. The predicted molar refractivity (Wildman–Crippen MR) is 89.6 cm³/mol. The number of aromatic nitrogens is 1. The molecule has 2 aromatic rings. The van der Waals surface area contributed by atoms with Gasteiger partial charge in [-0.2, -0.15) is 0 Å². The summed E-state index contributed by atoms with van der Waals surface area (Å²) >= 11 is 0. The summed E-state index contributed by atoms with van der Waals surface area (Å²) in [7, 11) is 1.65. The van der Waals surface area contributed by atoms with Gasteiger partial charge < -0.3 is 19.7 Å². The molecule has 5 heteroatoms. The van der Waals surface area contributed by atoms with Crippen LogP contribution in [0.1, 0.15) is 31.7 Å². The quantitative estimate of drug-likeness (QED) is 0.890. The fraction of sp³-hybridized carbons (Fsp3) is 0.500. The Kier molecular flexibility index (Phi) is 4.57. The SMILES string of the molecule is COc1cccc2[nH]cc(CC(=O)N3CCCC3CC(C)O)c12. The molecule has 1 aromatic carbocycles. The summed E-state index contributed by atoms with van der Waals surface area (Å²) in [6, 6.07) is 5.99. The lowest BCUT2D eigenvalue weighted by atomic mass is 10.1. The summed E-state index contributed by atoms with van der Waals surface area (Å²) in [5.74, 6) is 0.911. The van der Waals surface area contributed by atoms with Crippen molar-refractivity contribution in [3.63, 3.8) is 0 Å². The zero-order chi connectivity index (χ0) is 16.4. The molecule has 2 N–H and O–H groups in total. The van der Waals surface area contributed by atoms with Gasteiger partial charge >= 0.3 is 0 Å². The van der Waals surface area contributed by atoms with Crippen LogP contribution in [0.25, 0.3) is 10.9 Å². The minimum Gasteiger partial charge on any atom is -0.496 e. The molecular weight excluding hydrogens is 292 g/mol. The van der Waals surface area contributed by atoms with E-state index in [1.807, 2.05) is 29.3 Å². The zero-order valence-corrected chi connectivity index (χ0v) is 13.7. The number of hydrogen-bond donors (Lipinski definition) is 2. The number of H-pyrrole nitrogens is 1. The van der Waals surface area contributed by atoms with E-state index in [1.54, 1.807) is 14.0 Å². The lowest BCUT2D eigenvalue weighted by molar-refractivity contribution is -0.131. The number of hydrogen-bond acceptors (Lipinski definition) is 3. The minimum atomic E-state index is -0.374. The molecule has 2 atom stereocenters. The lowest BCUT2D eigenvalue weighted by Gasteiger charge is -2.25. The molecule has 3 rings (SSSR count). The first-order valence-electron chi connectivity index (χ1n) is 8.20. The molecule has 1 aromatic heterocycles. The number of carbonyl (C=O) groups is 1. The molecule has 5 nitrogen and oxygen atoms in total. The molecule has 1 fully saturated rings. The van der Waals surface area contributed by atoms with Gasteiger partial charge in [0.05, 0.1) is 19.6 Å². The second kappa shape index (κ2) is 6.62. The van der Waals surface area contributed by atoms with Crippen LogP contribution in [0.3, 0.4) is 0 Å². The molecule has 1 aliphatic heterocycles. The van der Waals surface area contributed by atoms with E-state index in [0.717, 1.165) is 41.6 Å². The van der Waals surface area contributed by atoms with Crippen LogP contribution in [-0.2, 0) is 11.2 Å². The molecule has 0 saturated carbocycles. The van der Waals surface area contributed by atoms with Crippen LogP contribution in [0.2, 0.25) is 0 Å². The van der Waals surface area contributed by atoms with E-state index in [9.17, 15) is 9.90 Å². The van der Waals surface area contributed by atoms with Gasteiger partial charge in [0.1, 0.15) is 5.75 Å². The number of aromatic amines is 1. The molecule has 0 spiro atoms. The maximum Gasteiger partial charge on any atom is 0.227 e. The van der Waals surface area contributed by atoms with Crippen LogP contribution in [0.5, 0.6) is 5.75 Å². The molecular formula is C18H24N2O3. The van der Waals surface area contributed by atoms with Crippen molar-refractivity contribution in [1.29, 1.82) is 0 Å². The third-order valence-corrected chi connectivity index (χ3v) is 4.62. The second-order valence-corrected chi connectivity index (χ2v) is 6.34. The van der Waals surface area contributed by atoms with Crippen LogP contribution in [0, 0.1) is 0 Å². The highest BCUT2D eigenvalue weighted by molar-refractivity contribution is 5.93. The highest BCUT2D eigenvalue weighted by Gasteiger charge is 2.29. The van der Waals surface area contributed by atoms with E-state index < -0.39 is 0 Å². The summed E-state index contributed by atoms with van der Waals surface area (Å²) < 4.78 is 5.43. The number of aliphatic hydroxyl groups is 1. The van der Waals surface area contributed by atoms with Gasteiger partial charge in [-0.25, -0.2) is 0 Å². The molecule has 2 unspecified atom stereocenters. The van der Waals surface area contributed by atoms with E-state index in [1.165, 1.54) is 0 Å². The van der Waals surface area contributed by atoms with E-state index in [2.05, 4.69) is 4.98 Å². The van der Waals surface area contributed by atoms with Gasteiger partial charge in [-0.3, -0.25) is 4.79 Å². The molecule has 23 heavy (non-hydrogen) atoms. The number of benzene rings is 1. The Labute approximate surface area is 136 Å². The molecule has 124 valence electrons.